The number of aldehydes is 1. The summed E-state index contributed by atoms with van der Waals surface area (Å²) < 4.78 is 7.12. The lowest BCUT2D eigenvalue weighted by Crippen LogP contribution is -2.35. The first-order valence-electron chi connectivity index (χ1n) is 7.16. The van der Waals surface area contributed by atoms with Gasteiger partial charge in [0, 0.05) is 24.2 Å². The molecule has 0 aromatic carbocycles. The Hall–Kier alpha value is -1.85. The van der Waals surface area contributed by atoms with Crippen molar-refractivity contribution in [3.8, 4) is 0 Å². The Morgan fingerprint density at radius 1 is 1.43 bits per heavy atom. The largest absolute Gasteiger partial charge is 0.444 e. The minimum absolute atomic E-state index is 0.191. The zero-order chi connectivity index (χ0) is 16.2. The van der Waals surface area contributed by atoms with E-state index in [2.05, 4.69) is 10.4 Å². The van der Waals surface area contributed by atoms with Crippen LogP contribution in [0.15, 0.2) is 0 Å². The normalized spacial score (nSPS) is 12.9. The van der Waals surface area contributed by atoms with E-state index in [-0.39, 0.29) is 6.42 Å². The molecule has 6 nitrogen and oxygen atoms in total. The molecule has 0 saturated heterocycles. The average molecular weight is 295 g/mol. The van der Waals surface area contributed by atoms with E-state index in [9.17, 15) is 9.59 Å². The molecule has 1 amide bonds. The van der Waals surface area contributed by atoms with Crippen LogP contribution in [0, 0.1) is 13.8 Å². The number of ether oxygens (including phenoxy) is 1. The molecule has 0 aliphatic heterocycles. The molecule has 1 N–H and O–H groups in total. The van der Waals surface area contributed by atoms with Crippen LogP contribution in [0.1, 0.15) is 57.1 Å². The van der Waals surface area contributed by atoms with E-state index < -0.39 is 17.7 Å². The predicted molar refractivity (Wildman–Crippen MR) is 80.2 cm³/mol. The van der Waals surface area contributed by atoms with Crippen molar-refractivity contribution in [2.45, 2.75) is 66.2 Å². The lowest BCUT2D eigenvalue weighted by atomic mass is 10.0. The number of hydrogen-bond acceptors (Lipinski definition) is 4. The fraction of sp³-hybridized carbons (Fsp3) is 0.667. The number of amides is 1. The van der Waals surface area contributed by atoms with Gasteiger partial charge in [0.2, 0.25) is 0 Å². The zero-order valence-electron chi connectivity index (χ0n) is 13.7. The van der Waals surface area contributed by atoms with E-state index in [1.807, 2.05) is 25.5 Å². The highest BCUT2D eigenvalue weighted by molar-refractivity contribution is 5.69. The molecule has 0 aliphatic carbocycles. The lowest BCUT2D eigenvalue weighted by Gasteiger charge is -2.23. The van der Waals surface area contributed by atoms with E-state index >= 15 is 0 Å². The topological polar surface area (TPSA) is 73.2 Å². The van der Waals surface area contributed by atoms with Crippen LogP contribution in [0.25, 0.3) is 0 Å². The number of carbonyl (C=O) groups excluding carboxylic acids is 2. The molecule has 1 aromatic rings. The van der Waals surface area contributed by atoms with E-state index in [1.165, 1.54) is 0 Å². The van der Waals surface area contributed by atoms with Crippen LogP contribution in [-0.2, 0) is 16.1 Å². The molecular weight excluding hydrogens is 270 g/mol. The highest BCUT2D eigenvalue weighted by Gasteiger charge is 2.24. The highest BCUT2D eigenvalue weighted by Crippen LogP contribution is 2.24. The molecular formula is C15H25N3O3. The van der Waals surface area contributed by atoms with Crippen LogP contribution in [0.2, 0.25) is 0 Å². The second kappa shape index (κ2) is 6.74. The smallest absolute Gasteiger partial charge is 0.408 e. The van der Waals surface area contributed by atoms with Gasteiger partial charge in [-0.05, 0) is 41.5 Å². The van der Waals surface area contributed by atoms with Crippen LogP contribution >= 0.6 is 0 Å². The Morgan fingerprint density at radius 2 is 2.05 bits per heavy atom. The quantitative estimate of drug-likeness (QED) is 0.848. The van der Waals surface area contributed by atoms with Gasteiger partial charge in [-0.2, -0.15) is 5.10 Å². The molecule has 6 heteroatoms. The van der Waals surface area contributed by atoms with Gasteiger partial charge in [0.25, 0.3) is 0 Å². The second-order valence-corrected chi connectivity index (χ2v) is 6.00. The molecule has 0 bridgehead atoms. The van der Waals surface area contributed by atoms with Gasteiger partial charge in [-0.1, -0.05) is 0 Å². The number of rotatable bonds is 5. The van der Waals surface area contributed by atoms with Crippen molar-refractivity contribution in [2.75, 3.05) is 0 Å². The lowest BCUT2D eigenvalue weighted by molar-refractivity contribution is -0.108. The van der Waals surface area contributed by atoms with Gasteiger partial charge >= 0.3 is 6.09 Å². The van der Waals surface area contributed by atoms with Crippen LogP contribution in [-0.4, -0.2) is 27.8 Å². The Labute approximate surface area is 125 Å². The highest BCUT2D eigenvalue weighted by atomic mass is 16.6. The van der Waals surface area contributed by atoms with Crippen molar-refractivity contribution in [3.05, 3.63) is 17.0 Å². The van der Waals surface area contributed by atoms with Crippen LogP contribution in [0.3, 0.4) is 0 Å². The number of nitrogens with one attached hydrogen (secondary N) is 1. The summed E-state index contributed by atoms with van der Waals surface area (Å²) in [7, 11) is 0. The van der Waals surface area contributed by atoms with E-state index in [0.29, 0.717) is 0 Å². The number of carbonyl (C=O) groups is 2. The van der Waals surface area contributed by atoms with Crippen molar-refractivity contribution in [2.24, 2.45) is 0 Å². The minimum atomic E-state index is -0.576. The molecule has 1 atom stereocenters. The van der Waals surface area contributed by atoms with Gasteiger partial charge in [0.1, 0.15) is 11.9 Å². The first-order chi connectivity index (χ1) is 9.69. The number of aromatic nitrogens is 2. The number of alkyl carbamates (subject to hydrolysis) is 1. The van der Waals surface area contributed by atoms with Gasteiger partial charge in [-0.15, -0.1) is 0 Å². The van der Waals surface area contributed by atoms with Gasteiger partial charge in [-0.25, -0.2) is 4.79 Å². The molecule has 0 aliphatic rings. The first-order valence-corrected chi connectivity index (χ1v) is 7.16. The minimum Gasteiger partial charge on any atom is -0.444 e. The van der Waals surface area contributed by atoms with Crippen molar-refractivity contribution in [1.29, 1.82) is 0 Å². The Bertz CT molecular complexity index is 515. The summed E-state index contributed by atoms with van der Waals surface area (Å²) in [4.78, 5) is 22.9. The maximum absolute atomic E-state index is 11.9. The maximum Gasteiger partial charge on any atom is 0.408 e. The molecule has 1 rings (SSSR count). The van der Waals surface area contributed by atoms with Gasteiger partial charge in [0.05, 0.1) is 11.7 Å². The van der Waals surface area contributed by atoms with Gasteiger partial charge < -0.3 is 14.8 Å². The number of aryl methyl sites for hydroxylation is 2. The maximum atomic E-state index is 11.9. The Morgan fingerprint density at radius 3 is 2.48 bits per heavy atom. The summed E-state index contributed by atoms with van der Waals surface area (Å²) in [5, 5.41) is 7.19. The monoisotopic (exact) mass is 295 g/mol. The van der Waals surface area contributed by atoms with Crippen molar-refractivity contribution in [3.63, 3.8) is 0 Å². The summed E-state index contributed by atoms with van der Waals surface area (Å²) in [6.07, 6.45) is 0.456. The molecule has 0 spiro atoms. The van der Waals surface area contributed by atoms with Crippen LogP contribution in [0.4, 0.5) is 4.79 Å². The van der Waals surface area contributed by atoms with Crippen molar-refractivity contribution < 1.29 is 14.3 Å². The van der Waals surface area contributed by atoms with Gasteiger partial charge in [-0.3, -0.25) is 4.68 Å². The molecule has 1 aromatic heterocycles. The van der Waals surface area contributed by atoms with E-state index in [1.54, 1.807) is 20.8 Å². The predicted octanol–water partition coefficient (Wildman–Crippen LogP) is 2.67. The summed E-state index contributed by atoms with van der Waals surface area (Å²) in [5.74, 6) is 0. The fourth-order valence-corrected chi connectivity index (χ4v) is 2.32. The summed E-state index contributed by atoms with van der Waals surface area (Å²) >= 11 is 0. The molecule has 118 valence electrons. The van der Waals surface area contributed by atoms with E-state index in [4.69, 9.17) is 4.74 Å². The third kappa shape index (κ3) is 4.58. The van der Waals surface area contributed by atoms with Gasteiger partial charge in [0.15, 0.2) is 0 Å². The summed E-state index contributed by atoms with van der Waals surface area (Å²) in [5.41, 5.74) is 2.08. The Kier molecular flexibility index (Phi) is 5.52. The summed E-state index contributed by atoms with van der Waals surface area (Å²) in [6.45, 7) is 12.0. The second-order valence-electron chi connectivity index (χ2n) is 6.00. The van der Waals surface area contributed by atoms with Crippen LogP contribution < -0.4 is 5.32 Å². The number of nitrogens with zero attached hydrogens (tertiary/aromatic N) is 2. The van der Waals surface area contributed by atoms with Crippen molar-refractivity contribution in [1.82, 2.24) is 15.1 Å². The SMILES string of the molecule is CCn1nc(C)c([C@H](CC=O)NC(=O)OC(C)(C)C)c1C. The third-order valence-electron chi connectivity index (χ3n) is 3.11. The van der Waals surface area contributed by atoms with Crippen LogP contribution in [0.5, 0.6) is 0 Å². The average Bonchev–Trinajstić information content (AvgIpc) is 2.61. The van der Waals surface area contributed by atoms with E-state index in [0.717, 1.165) is 29.8 Å². The number of hydrogen-bond donors (Lipinski definition) is 1. The third-order valence-corrected chi connectivity index (χ3v) is 3.11. The molecule has 1 heterocycles. The fourth-order valence-electron chi connectivity index (χ4n) is 2.32. The molecule has 0 fully saturated rings. The van der Waals surface area contributed by atoms with Crippen molar-refractivity contribution >= 4 is 12.4 Å². The first kappa shape index (κ1) is 17.2. The molecule has 21 heavy (non-hydrogen) atoms. The molecule has 0 radical (unpaired) electrons. The molecule has 0 unspecified atom stereocenters. The zero-order valence-corrected chi connectivity index (χ0v) is 13.7. The Balaban J connectivity index is 3.00. The standard InChI is InChI=1S/C15H25N3O3/c1-7-18-11(3)13(10(2)17-18)12(8-9-19)16-14(20)21-15(4,5)6/h9,12H,7-8H2,1-6H3,(H,16,20)/t12-/m0/s1. The summed E-state index contributed by atoms with van der Waals surface area (Å²) in [6, 6.07) is -0.419. The molecule has 0 saturated carbocycles.